The molecule has 1 aliphatic carbocycles. The fraction of sp³-hybridized carbons (Fsp3) is 0.538. The van der Waals surface area contributed by atoms with E-state index >= 15 is 0 Å². The Hall–Kier alpha value is -1.42. The number of aliphatic hydroxyl groups is 1. The van der Waals surface area contributed by atoms with Crippen LogP contribution in [0, 0.1) is 11.8 Å². The van der Waals surface area contributed by atoms with Gasteiger partial charge in [0.05, 0.1) is 6.61 Å². The van der Waals surface area contributed by atoms with Crippen LogP contribution in [0.5, 0.6) is 0 Å². The molecule has 17 heavy (non-hydrogen) atoms. The van der Waals surface area contributed by atoms with Crippen molar-refractivity contribution in [3.8, 4) is 0 Å². The van der Waals surface area contributed by atoms with E-state index in [4.69, 9.17) is 10.2 Å². The molecule has 0 heterocycles. The van der Waals surface area contributed by atoms with E-state index in [-0.39, 0.29) is 30.6 Å². The number of carbonyl (C=O) groups is 2. The van der Waals surface area contributed by atoms with Crippen molar-refractivity contribution in [2.45, 2.75) is 25.7 Å². The Balaban J connectivity index is 2.23. The third-order valence-corrected chi connectivity index (χ3v) is 2.92. The first-order valence-corrected chi connectivity index (χ1v) is 5.85. The van der Waals surface area contributed by atoms with Crippen LogP contribution in [0.3, 0.4) is 0 Å². The molecule has 94 valence electrons. The van der Waals surface area contributed by atoms with Crippen molar-refractivity contribution in [2.75, 3.05) is 6.61 Å². The molecule has 0 saturated carbocycles. The number of rotatable bonds is 7. The van der Waals surface area contributed by atoms with Gasteiger partial charge < -0.3 is 10.2 Å². The molecular weight excluding hydrogens is 220 g/mol. The van der Waals surface area contributed by atoms with Crippen molar-refractivity contribution in [1.82, 2.24) is 0 Å². The predicted molar refractivity (Wildman–Crippen MR) is 63.5 cm³/mol. The lowest BCUT2D eigenvalue weighted by molar-refractivity contribution is -0.137. The molecule has 0 aromatic heterocycles. The minimum absolute atomic E-state index is 0.000237. The van der Waals surface area contributed by atoms with Gasteiger partial charge in [-0.3, -0.25) is 9.59 Å². The van der Waals surface area contributed by atoms with Crippen LogP contribution in [0.1, 0.15) is 25.7 Å². The first-order valence-electron chi connectivity index (χ1n) is 5.85. The zero-order chi connectivity index (χ0) is 12.7. The van der Waals surface area contributed by atoms with E-state index < -0.39 is 5.97 Å². The van der Waals surface area contributed by atoms with Crippen LogP contribution in [0.15, 0.2) is 24.3 Å². The Morgan fingerprint density at radius 2 is 2.18 bits per heavy atom. The first kappa shape index (κ1) is 13.6. The molecule has 0 aromatic rings. The van der Waals surface area contributed by atoms with Crippen molar-refractivity contribution in [2.24, 2.45) is 11.8 Å². The smallest absolute Gasteiger partial charge is 0.303 e. The van der Waals surface area contributed by atoms with Crippen LogP contribution in [-0.4, -0.2) is 28.6 Å². The van der Waals surface area contributed by atoms with Gasteiger partial charge in [0.15, 0.2) is 5.78 Å². The molecular formula is C13H18O4. The number of aliphatic hydroxyl groups excluding tert-OH is 1. The van der Waals surface area contributed by atoms with Gasteiger partial charge in [0.2, 0.25) is 0 Å². The second-order valence-corrected chi connectivity index (χ2v) is 4.21. The van der Waals surface area contributed by atoms with Gasteiger partial charge in [-0.15, -0.1) is 0 Å². The second kappa shape index (κ2) is 7.01. The summed E-state index contributed by atoms with van der Waals surface area (Å²) in [6.45, 7) is -0.000237. The highest BCUT2D eigenvalue weighted by atomic mass is 16.4. The Bertz CT molecular complexity index is 330. The van der Waals surface area contributed by atoms with Crippen LogP contribution in [0.4, 0.5) is 0 Å². The van der Waals surface area contributed by atoms with Gasteiger partial charge >= 0.3 is 5.97 Å². The largest absolute Gasteiger partial charge is 0.481 e. The van der Waals surface area contributed by atoms with Crippen LogP contribution in [-0.2, 0) is 9.59 Å². The lowest BCUT2D eigenvalue weighted by Crippen LogP contribution is -2.17. The minimum atomic E-state index is -0.783. The number of hydrogen-bond donors (Lipinski definition) is 2. The summed E-state index contributed by atoms with van der Waals surface area (Å²) in [5.41, 5.74) is 0. The molecule has 1 rings (SSSR count). The summed E-state index contributed by atoms with van der Waals surface area (Å²) in [5.74, 6) is -0.921. The number of hydrogen-bond acceptors (Lipinski definition) is 3. The molecule has 0 fully saturated rings. The molecule has 0 aromatic carbocycles. The van der Waals surface area contributed by atoms with Gasteiger partial charge in [-0.25, -0.2) is 0 Å². The van der Waals surface area contributed by atoms with Crippen molar-refractivity contribution in [1.29, 1.82) is 0 Å². The molecule has 0 amide bonds. The van der Waals surface area contributed by atoms with Gasteiger partial charge in [0.1, 0.15) is 0 Å². The third kappa shape index (κ3) is 4.53. The van der Waals surface area contributed by atoms with Crippen molar-refractivity contribution < 1.29 is 19.8 Å². The van der Waals surface area contributed by atoms with E-state index in [1.807, 2.05) is 12.2 Å². The highest BCUT2D eigenvalue weighted by Gasteiger charge is 2.27. The van der Waals surface area contributed by atoms with Gasteiger partial charge in [-0.2, -0.15) is 0 Å². The number of carbonyl (C=O) groups excluding carboxylic acids is 1. The van der Waals surface area contributed by atoms with Crippen molar-refractivity contribution in [3.63, 3.8) is 0 Å². The van der Waals surface area contributed by atoms with E-state index in [1.54, 1.807) is 6.08 Å². The van der Waals surface area contributed by atoms with E-state index in [0.29, 0.717) is 19.3 Å². The fourth-order valence-corrected chi connectivity index (χ4v) is 1.90. The SMILES string of the molecule is O=C(O)CCCC=CC[C@H]1C(=O)C=C[C@@H]1CO. The fourth-order valence-electron chi connectivity index (χ4n) is 1.90. The maximum Gasteiger partial charge on any atom is 0.303 e. The Kier molecular flexibility index (Phi) is 5.63. The first-order chi connectivity index (χ1) is 8.15. The zero-order valence-electron chi connectivity index (χ0n) is 9.71. The van der Waals surface area contributed by atoms with Gasteiger partial charge in [-0.05, 0) is 25.3 Å². The Morgan fingerprint density at radius 1 is 1.41 bits per heavy atom. The normalized spacial score (nSPS) is 23.7. The van der Waals surface area contributed by atoms with E-state index in [9.17, 15) is 9.59 Å². The van der Waals surface area contributed by atoms with Crippen molar-refractivity contribution >= 4 is 11.8 Å². The predicted octanol–water partition coefficient (Wildman–Crippen LogP) is 1.55. The molecule has 0 spiro atoms. The maximum atomic E-state index is 11.4. The zero-order valence-corrected chi connectivity index (χ0v) is 9.71. The lowest BCUT2D eigenvalue weighted by atomic mass is 9.92. The van der Waals surface area contributed by atoms with Gasteiger partial charge in [0.25, 0.3) is 0 Å². The molecule has 0 radical (unpaired) electrons. The van der Waals surface area contributed by atoms with Crippen LogP contribution in [0.2, 0.25) is 0 Å². The van der Waals surface area contributed by atoms with E-state index in [0.717, 1.165) is 0 Å². The maximum absolute atomic E-state index is 11.4. The number of aliphatic carboxylic acids is 1. The number of carboxylic acids is 1. The molecule has 4 nitrogen and oxygen atoms in total. The Labute approximate surface area is 101 Å². The van der Waals surface area contributed by atoms with Crippen LogP contribution < -0.4 is 0 Å². The van der Waals surface area contributed by atoms with Crippen LogP contribution in [0.25, 0.3) is 0 Å². The summed E-state index contributed by atoms with van der Waals surface area (Å²) in [7, 11) is 0. The lowest BCUT2D eigenvalue weighted by Gasteiger charge is -2.13. The highest BCUT2D eigenvalue weighted by Crippen LogP contribution is 2.25. The number of ketones is 1. The number of unbranched alkanes of at least 4 members (excludes halogenated alkanes) is 1. The quantitative estimate of drug-likeness (QED) is 0.521. The highest BCUT2D eigenvalue weighted by molar-refractivity contribution is 5.94. The molecule has 1 aliphatic rings. The van der Waals surface area contributed by atoms with E-state index in [2.05, 4.69) is 0 Å². The van der Waals surface area contributed by atoms with Gasteiger partial charge in [-0.1, -0.05) is 18.2 Å². The van der Waals surface area contributed by atoms with E-state index in [1.165, 1.54) is 6.08 Å². The molecule has 0 saturated heterocycles. The number of carboxylic acid groups (broad SMARTS) is 1. The molecule has 0 aliphatic heterocycles. The summed E-state index contributed by atoms with van der Waals surface area (Å²) in [6, 6.07) is 0. The summed E-state index contributed by atoms with van der Waals surface area (Å²) in [6.07, 6.45) is 9.21. The molecule has 2 atom stereocenters. The summed E-state index contributed by atoms with van der Waals surface area (Å²) in [4.78, 5) is 21.7. The molecule has 0 unspecified atom stereocenters. The average Bonchev–Trinajstić information content (AvgIpc) is 2.64. The Morgan fingerprint density at radius 3 is 2.82 bits per heavy atom. The summed E-state index contributed by atoms with van der Waals surface area (Å²) in [5, 5.41) is 17.5. The van der Waals surface area contributed by atoms with Gasteiger partial charge in [0, 0.05) is 18.3 Å². The second-order valence-electron chi connectivity index (χ2n) is 4.21. The standard InChI is InChI=1S/C13H18O4/c14-9-10-7-8-12(15)11(10)5-3-1-2-4-6-13(16)17/h1,3,7-8,10-11,14H,2,4-6,9H2,(H,16,17)/t10-,11-/m1/s1. The molecule has 4 heteroatoms. The molecule has 0 bridgehead atoms. The minimum Gasteiger partial charge on any atom is -0.481 e. The number of allylic oxidation sites excluding steroid dienone is 3. The average molecular weight is 238 g/mol. The van der Waals surface area contributed by atoms with Crippen LogP contribution >= 0.6 is 0 Å². The molecule has 2 N–H and O–H groups in total. The third-order valence-electron chi connectivity index (χ3n) is 2.92. The topological polar surface area (TPSA) is 74.6 Å². The summed E-state index contributed by atoms with van der Waals surface area (Å²) >= 11 is 0. The monoisotopic (exact) mass is 238 g/mol. The van der Waals surface area contributed by atoms with Crippen molar-refractivity contribution in [3.05, 3.63) is 24.3 Å². The summed E-state index contributed by atoms with van der Waals surface area (Å²) < 4.78 is 0.